The van der Waals surface area contributed by atoms with Gasteiger partial charge in [-0.25, -0.2) is 0 Å². The summed E-state index contributed by atoms with van der Waals surface area (Å²) in [5, 5.41) is 2.85. The monoisotopic (exact) mass is 361 g/mol. The van der Waals surface area contributed by atoms with Crippen LogP contribution in [0, 0.1) is 13.8 Å². The summed E-state index contributed by atoms with van der Waals surface area (Å²) in [5.74, 6) is 1.06. The van der Waals surface area contributed by atoms with E-state index in [0.29, 0.717) is 23.8 Å². The predicted octanol–water partition coefficient (Wildman–Crippen LogP) is 4.90. The van der Waals surface area contributed by atoms with Gasteiger partial charge in [0.25, 0.3) is 5.91 Å². The van der Waals surface area contributed by atoms with Crippen molar-refractivity contribution in [2.24, 2.45) is 0 Å². The molecule has 3 aromatic carbocycles. The molecular formula is C23H23NO3. The van der Waals surface area contributed by atoms with Gasteiger partial charge in [-0.05, 0) is 49.2 Å². The van der Waals surface area contributed by atoms with Crippen LogP contribution in [0.4, 0.5) is 5.69 Å². The topological polar surface area (TPSA) is 47.6 Å². The van der Waals surface area contributed by atoms with Crippen molar-refractivity contribution in [3.05, 3.63) is 89.5 Å². The van der Waals surface area contributed by atoms with Gasteiger partial charge in [-0.3, -0.25) is 4.79 Å². The minimum absolute atomic E-state index is 0.0602. The Morgan fingerprint density at radius 2 is 1.63 bits per heavy atom. The highest BCUT2D eigenvalue weighted by Gasteiger charge is 2.09. The van der Waals surface area contributed by atoms with Gasteiger partial charge in [0.05, 0.1) is 5.69 Å². The lowest BCUT2D eigenvalue weighted by Gasteiger charge is -2.14. The van der Waals surface area contributed by atoms with Crippen molar-refractivity contribution in [2.75, 3.05) is 11.9 Å². The summed E-state index contributed by atoms with van der Waals surface area (Å²) >= 11 is 0. The van der Waals surface area contributed by atoms with Crippen molar-refractivity contribution in [1.29, 1.82) is 0 Å². The van der Waals surface area contributed by atoms with Gasteiger partial charge >= 0.3 is 0 Å². The van der Waals surface area contributed by atoms with E-state index >= 15 is 0 Å². The lowest BCUT2D eigenvalue weighted by atomic mass is 10.1. The summed E-state index contributed by atoms with van der Waals surface area (Å²) in [6.45, 7) is 4.51. The molecule has 0 aliphatic heterocycles. The van der Waals surface area contributed by atoms with Crippen molar-refractivity contribution in [3.8, 4) is 11.5 Å². The molecule has 27 heavy (non-hydrogen) atoms. The number of benzene rings is 3. The van der Waals surface area contributed by atoms with Gasteiger partial charge in [-0.1, -0.05) is 54.1 Å². The molecule has 0 fully saturated rings. The van der Waals surface area contributed by atoms with Crippen LogP contribution in [0.15, 0.2) is 72.8 Å². The van der Waals surface area contributed by atoms with Gasteiger partial charge in [0.2, 0.25) is 0 Å². The van der Waals surface area contributed by atoms with E-state index in [-0.39, 0.29) is 12.5 Å². The van der Waals surface area contributed by atoms with Gasteiger partial charge in [-0.15, -0.1) is 0 Å². The first-order valence-electron chi connectivity index (χ1n) is 8.87. The molecule has 1 N–H and O–H groups in total. The third kappa shape index (κ3) is 5.35. The zero-order valence-electron chi connectivity index (χ0n) is 15.6. The first kappa shape index (κ1) is 18.5. The molecule has 0 heterocycles. The van der Waals surface area contributed by atoms with Crippen molar-refractivity contribution in [3.63, 3.8) is 0 Å². The molecule has 3 aromatic rings. The quantitative estimate of drug-likeness (QED) is 0.651. The van der Waals surface area contributed by atoms with Gasteiger partial charge in [0.15, 0.2) is 6.61 Å². The molecule has 3 rings (SSSR count). The number of nitrogens with one attached hydrogen (secondary N) is 1. The molecule has 0 radical (unpaired) electrons. The minimum atomic E-state index is -0.235. The van der Waals surface area contributed by atoms with E-state index in [0.717, 1.165) is 5.56 Å². The van der Waals surface area contributed by atoms with Crippen LogP contribution in [0.1, 0.15) is 16.7 Å². The molecule has 1 amide bonds. The van der Waals surface area contributed by atoms with Crippen LogP contribution in [-0.4, -0.2) is 12.5 Å². The molecule has 0 aliphatic rings. The average Bonchev–Trinajstić information content (AvgIpc) is 2.69. The number of carbonyl (C=O) groups is 1. The first-order chi connectivity index (χ1) is 13.1. The van der Waals surface area contributed by atoms with E-state index in [9.17, 15) is 4.79 Å². The Bertz CT molecular complexity index is 907. The minimum Gasteiger partial charge on any atom is -0.487 e. The number of carbonyl (C=O) groups excluding carboxylic acids is 1. The Kier molecular flexibility index (Phi) is 6.10. The van der Waals surface area contributed by atoms with Crippen LogP contribution in [0.25, 0.3) is 0 Å². The third-order valence-corrected chi connectivity index (χ3v) is 4.16. The van der Waals surface area contributed by atoms with Crippen LogP contribution >= 0.6 is 0 Å². The zero-order chi connectivity index (χ0) is 19.1. The molecule has 0 saturated heterocycles. The second kappa shape index (κ2) is 8.90. The highest BCUT2D eigenvalue weighted by atomic mass is 16.5. The molecule has 4 heteroatoms. The van der Waals surface area contributed by atoms with Crippen molar-refractivity contribution < 1.29 is 14.3 Å². The van der Waals surface area contributed by atoms with Gasteiger partial charge in [0.1, 0.15) is 18.1 Å². The maximum absolute atomic E-state index is 12.2. The Balaban J connectivity index is 1.61. The lowest BCUT2D eigenvalue weighted by Crippen LogP contribution is -2.20. The third-order valence-electron chi connectivity index (χ3n) is 4.16. The van der Waals surface area contributed by atoms with Crippen molar-refractivity contribution >= 4 is 11.6 Å². The van der Waals surface area contributed by atoms with E-state index < -0.39 is 0 Å². The standard InChI is InChI=1S/C23H23NO3/c1-17-12-13-18(2)19(14-17)15-27-22-11-7-6-10-21(22)24-23(25)16-26-20-8-4-3-5-9-20/h3-14H,15-16H2,1-2H3,(H,24,25). The molecule has 138 valence electrons. The van der Waals surface area contributed by atoms with E-state index in [4.69, 9.17) is 9.47 Å². The number of anilines is 1. The number of rotatable bonds is 7. The smallest absolute Gasteiger partial charge is 0.262 e. The highest BCUT2D eigenvalue weighted by Crippen LogP contribution is 2.25. The van der Waals surface area contributed by atoms with Crippen LogP contribution in [-0.2, 0) is 11.4 Å². The molecule has 0 aromatic heterocycles. The molecule has 0 spiro atoms. The average molecular weight is 361 g/mol. The summed E-state index contributed by atoms with van der Waals surface area (Å²) in [6.07, 6.45) is 0. The molecule has 0 unspecified atom stereocenters. The summed E-state index contributed by atoms with van der Waals surface area (Å²) in [4.78, 5) is 12.2. The summed E-state index contributed by atoms with van der Waals surface area (Å²) in [5.41, 5.74) is 4.13. The zero-order valence-corrected chi connectivity index (χ0v) is 15.6. The van der Waals surface area contributed by atoms with E-state index in [1.54, 1.807) is 0 Å². The Labute approximate surface area is 159 Å². The normalized spacial score (nSPS) is 10.3. The van der Waals surface area contributed by atoms with E-state index in [2.05, 4.69) is 37.4 Å². The summed E-state index contributed by atoms with van der Waals surface area (Å²) in [7, 11) is 0. The number of para-hydroxylation sites is 3. The number of amides is 1. The van der Waals surface area contributed by atoms with Crippen LogP contribution in [0.2, 0.25) is 0 Å². The van der Waals surface area contributed by atoms with Crippen LogP contribution < -0.4 is 14.8 Å². The van der Waals surface area contributed by atoms with Gasteiger partial charge in [-0.2, -0.15) is 0 Å². The second-order valence-corrected chi connectivity index (χ2v) is 6.36. The highest BCUT2D eigenvalue weighted by molar-refractivity contribution is 5.93. The largest absolute Gasteiger partial charge is 0.487 e. The first-order valence-corrected chi connectivity index (χ1v) is 8.87. The number of ether oxygens (including phenoxy) is 2. The number of aryl methyl sites for hydroxylation is 2. The van der Waals surface area contributed by atoms with Gasteiger partial charge < -0.3 is 14.8 Å². The van der Waals surface area contributed by atoms with E-state index in [1.807, 2.05) is 54.6 Å². The molecule has 0 bridgehead atoms. The maximum atomic E-state index is 12.2. The van der Waals surface area contributed by atoms with Crippen molar-refractivity contribution in [1.82, 2.24) is 0 Å². The molecule has 4 nitrogen and oxygen atoms in total. The predicted molar refractivity (Wildman–Crippen MR) is 107 cm³/mol. The van der Waals surface area contributed by atoms with Crippen LogP contribution in [0.3, 0.4) is 0 Å². The molecular weight excluding hydrogens is 338 g/mol. The summed E-state index contributed by atoms with van der Waals surface area (Å²) < 4.78 is 11.5. The van der Waals surface area contributed by atoms with Crippen molar-refractivity contribution in [2.45, 2.75) is 20.5 Å². The molecule has 0 saturated carbocycles. The SMILES string of the molecule is Cc1ccc(C)c(COc2ccccc2NC(=O)COc2ccccc2)c1. The van der Waals surface area contributed by atoms with E-state index in [1.165, 1.54) is 11.1 Å². The Hall–Kier alpha value is -3.27. The fraction of sp³-hybridized carbons (Fsp3) is 0.174. The Morgan fingerprint density at radius 1 is 0.889 bits per heavy atom. The van der Waals surface area contributed by atoms with Crippen LogP contribution in [0.5, 0.6) is 11.5 Å². The summed E-state index contributed by atoms with van der Waals surface area (Å²) in [6, 6.07) is 22.9. The maximum Gasteiger partial charge on any atom is 0.262 e. The number of hydrogen-bond acceptors (Lipinski definition) is 3. The molecule has 0 aliphatic carbocycles. The fourth-order valence-electron chi connectivity index (χ4n) is 2.66. The lowest BCUT2D eigenvalue weighted by molar-refractivity contribution is -0.118. The number of hydrogen-bond donors (Lipinski definition) is 1. The second-order valence-electron chi connectivity index (χ2n) is 6.36. The molecule has 0 atom stereocenters. The van der Waals surface area contributed by atoms with Gasteiger partial charge in [0, 0.05) is 0 Å². The fourth-order valence-corrected chi connectivity index (χ4v) is 2.66. The Morgan fingerprint density at radius 3 is 2.44 bits per heavy atom.